The molecule has 0 saturated carbocycles. The van der Waals surface area contributed by atoms with E-state index in [4.69, 9.17) is 0 Å². The molecule has 2 rings (SSSR count). The van der Waals surface area contributed by atoms with Gasteiger partial charge in [-0.1, -0.05) is 19.8 Å². The van der Waals surface area contributed by atoms with E-state index in [2.05, 4.69) is 10.3 Å². The lowest BCUT2D eigenvalue weighted by molar-refractivity contribution is -0.383. The number of nitrogens with one attached hydrogen (secondary N) is 3. The number of benzene rings is 1. The van der Waals surface area contributed by atoms with Gasteiger partial charge in [-0.05, 0) is 12.5 Å². The van der Waals surface area contributed by atoms with Crippen LogP contribution in [0.25, 0.3) is 10.9 Å². The average Bonchev–Trinajstić information content (AvgIpc) is 2.61. The molecule has 1 unspecified atom stereocenters. The highest BCUT2D eigenvalue weighted by molar-refractivity contribution is 7.91. The summed E-state index contributed by atoms with van der Waals surface area (Å²) in [5.74, 6) is 0. The van der Waals surface area contributed by atoms with E-state index in [0.717, 1.165) is 31.2 Å². The molecule has 4 N–H and O–H groups in total. The fourth-order valence-corrected chi connectivity index (χ4v) is 3.14. The number of aromatic amines is 1. The number of unbranched alkanes of at least 4 members (excludes halogenated alkanes) is 1. The van der Waals surface area contributed by atoms with Gasteiger partial charge in [0, 0.05) is 12.1 Å². The molecule has 13 heteroatoms. The Labute approximate surface area is 159 Å². The third kappa shape index (κ3) is 4.86. The summed E-state index contributed by atoms with van der Waals surface area (Å²) in [5, 5.41) is 23.6. The van der Waals surface area contributed by atoms with Crippen LogP contribution < -0.4 is 21.4 Å². The van der Waals surface area contributed by atoms with Gasteiger partial charge in [0.05, 0.1) is 28.7 Å². The number of rotatable bonds is 9. The molecule has 0 amide bonds. The van der Waals surface area contributed by atoms with E-state index < -0.39 is 37.9 Å². The monoisotopic (exact) mass is 415 g/mol. The molecule has 0 radical (unpaired) electrons. The molecule has 0 aliphatic carbocycles. The first kappa shape index (κ1) is 21.4. The predicted octanol–water partition coefficient (Wildman–Crippen LogP) is 0.0641. The maximum atomic E-state index is 12.6. The molecule has 1 atom stereocenters. The Morgan fingerprint density at radius 2 is 2.04 bits per heavy atom. The number of hydrogen-bond acceptors (Lipinski definition) is 8. The van der Waals surface area contributed by atoms with Crippen molar-refractivity contribution < 1.29 is 18.4 Å². The Morgan fingerprint density at radius 1 is 1.36 bits per heavy atom. The third-order valence-electron chi connectivity index (χ3n) is 3.95. The lowest BCUT2D eigenvalue weighted by Crippen LogP contribution is -2.43. The summed E-state index contributed by atoms with van der Waals surface area (Å²) in [6.07, 6.45) is 2.96. The predicted molar refractivity (Wildman–Crippen MR) is 104 cm³/mol. The molecule has 0 aliphatic rings. The number of aliphatic hydroxyl groups excluding tert-OH is 1. The van der Waals surface area contributed by atoms with Crippen LogP contribution >= 0.6 is 0 Å². The van der Waals surface area contributed by atoms with Gasteiger partial charge in [0.15, 0.2) is 0 Å². The summed E-state index contributed by atoms with van der Waals surface area (Å²) in [6, 6.07) is 1.69. The van der Waals surface area contributed by atoms with Gasteiger partial charge >= 0.3 is 5.69 Å². The highest BCUT2D eigenvalue weighted by Crippen LogP contribution is 2.28. The van der Waals surface area contributed by atoms with Crippen LogP contribution in [0.2, 0.25) is 0 Å². The van der Waals surface area contributed by atoms with E-state index in [1.165, 1.54) is 0 Å². The van der Waals surface area contributed by atoms with Crippen LogP contribution in [0.5, 0.6) is 0 Å². The summed E-state index contributed by atoms with van der Waals surface area (Å²) in [7, 11) is -3.92. The summed E-state index contributed by atoms with van der Waals surface area (Å²) in [5.41, 5.74) is -2.62. The maximum absolute atomic E-state index is 12.6. The Bertz CT molecular complexity index is 1110. The normalized spacial score (nSPS) is 12.7. The summed E-state index contributed by atoms with van der Waals surface area (Å²) in [4.78, 5) is 39.3. The minimum Gasteiger partial charge on any atom is -0.394 e. The number of aromatic nitrogens is 2. The van der Waals surface area contributed by atoms with Crippen molar-refractivity contribution in [3.05, 3.63) is 43.1 Å². The van der Waals surface area contributed by atoms with Gasteiger partial charge in [-0.2, -0.15) is 4.68 Å². The van der Waals surface area contributed by atoms with Gasteiger partial charge in [0.25, 0.3) is 11.2 Å². The minimum absolute atomic E-state index is 0.0253. The molecule has 1 aromatic carbocycles. The number of anilines is 1. The fourth-order valence-electron chi connectivity index (χ4n) is 2.65. The van der Waals surface area contributed by atoms with Crippen LogP contribution in [0.15, 0.2) is 21.7 Å². The standard InChI is InChI=1S/C15H21N5O7S/c1-3-4-5-9(8-21)16-12-6-10-11(7-13(12)20(24)25)17-15(23)19(14(10)22)18-28(2,26)27/h6-7,9,16,18,21H,3-5,8H2,1-2H3,(H,17,23). The summed E-state index contributed by atoms with van der Waals surface area (Å²) >= 11 is 0. The Hall–Kier alpha value is -2.93. The zero-order valence-corrected chi connectivity index (χ0v) is 16.1. The molecule has 28 heavy (non-hydrogen) atoms. The Balaban J connectivity index is 2.66. The number of aliphatic hydroxyl groups is 1. The quantitative estimate of drug-likeness (QED) is 0.328. The summed E-state index contributed by atoms with van der Waals surface area (Å²) in [6.45, 7) is 1.68. The molecule has 0 spiro atoms. The number of hydrogen-bond donors (Lipinski definition) is 4. The van der Waals surface area contributed by atoms with Crippen LogP contribution in [0, 0.1) is 10.1 Å². The van der Waals surface area contributed by atoms with E-state index in [9.17, 15) is 33.2 Å². The van der Waals surface area contributed by atoms with Gasteiger partial charge in [0.2, 0.25) is 10.0 Å². The van der Waals surface area contributed by atoms with E-state index in [0.29, 0.717) is 6.42 Å². The van der Waals surface area contributed by atoms with Gasteiger partial charge in [-0.25, -0.2) is 18.0 Å². The van der Waals surface area contributed by atoms with Crippen molar-refractivity contribution in [2.45, 2.75) is 32.2 Å². The lowest BCUT2D eigenvalue weighted by Gasteiger charge is -2.17. The molecular weight excluding hydrogens is 394 g/mol. The van der Waals surface area contributed by atoms with Crippen molar-refractivity contribution in [3.8, 4) is 0 Å². The molecule has 0 aliphatic heterocycles. The Morgan fingerprint density at radius 3 is 2.57 bits per heavy atom. The molecule has 1 heterocycles. The van der Waals surface area contributed by atoms with Crippen LogP contribution in [0.1, 0.15) is 26.2 Å². The number of fused-ring (bicyclic) bond motifs is 1. The number of sulfonamides is 1. The van der Waals surface area contributed by atoms with Crippen molar-refractivity contribution in [1.29, 1.82) is 0 Å². The van der Waals surface area contributed by atoms with Crippen molar-refractivity contribution in [3.63, 3.8) is 0 Å². The maximum Gasteiger partial charge on any atom is 0.348 e. The van der Waals surface area contributed by atoms with Gasteiger partial charge in [-0.15, -0.1) is 0 Å². The van der Waals surface area contributed by atoms with E-state index in [-0.39, 0.29) is 27.9 Å². The summed E-state index contributed by atoms with van der Waals surface area (Å²) < 4.78 is 23.0. The van der Waals surface area contributed by atoms with Crippen LogP contribution in [0.4, 0.5) is 11.4 Å². The molecule has 12 nitrogen and oxygen atoms in total. The number of H-pyrrole nitrogens is 1. The largest absolute Gasteiger partial charge is 0.394 e. The van der Waals surface area contributed by atoms with Crippen molar-refractivity contribution >= 4 is 32.3 Å². The van der Waals surface area contributed by atoms with Crippen molar-refractivity contribution in [1.82, 2.24) is 9.66 Å². The molecule has 1 aromatic heterocycles. The topological polar surface area (TPSA) is 176 Å². The first-order chi connectivity index (χ1) is 13.1. The number of nitrogens with zero attached hydrogens (tertiary/aromatic N) is 2. The van der Waals surface area contributed by atoms with E-state index in [1.807, 2.05) is 6.92 Å². The molecule has 2 aromatic rings. The second-order valence-corrected chi connectivity index (χ2v) is 8.00. The third-order valence-corrected chi connectivity index (χ3v) is 4.47. The highest BCUT2D eigenvalue weighted by atomic mass is 32.2. The highest BCUT2D eigenvalue weighted by Gasteiger charge is 2.21. The minimum atomic E-state index is -3.92. The Kier molecular flexibility index (Phi) is 6.41. The lowest BCUT2D eigenvalue weighted by atomic mass is 10.1. The second kappa shape index (κ2) is 8.39. The first-order valence-corrected chi connectivity index (χ1v) is 10.3. The smallest absolute Gasteiger partial charge is 0.348 e. The van der Waals surface area contributed by atoms with Crippen LogP contribution in [-0.2, 0) is 10.0 Å². The number of nitro groups is 1. The first-order valence-electron chi connectivity index (χ1n) is 8.40. The molecule has 154 valence electrons. The molecular formula is C15H21N5O7S. The van der Waals surface area contributed by atoms with Gasteiger partial charge in [-0.3, -0.25) is 14.9 Å². The van der Waals surface area contributed by atoms with Crippen LogP contribution in [0.3, 0.4) is 0 Å². The van der Waals surface area contributed by atoms with Gasteiger partial charge < -0.3 is 15.4 Å². The molecule has 0 saturated heterocycles. The zero-order chi connectivity index (χ0) is 21.1. The number of nitro benzene ring substituents is 1. The second-order valence-electron chi connectivity index (χ2n) is 6.27. The van der Waals surface area contributed by atoms with Crippen LogP contribution in [-0.4, -0.2) is 47.0 Å². The van der Waals surface area contributed by atoms with E-state index >= 15 is 0 Å². The van der Waals surface area contributed by atoms with Crippen molar-refractivity contribution in [2.24, 2.45) is 0 Å². The van der Waals surface area contributed by atoms with E-state index in [1.54, 1.807) is 4.83 Å². The van der Waals surface area contributed by atoms with Crippen molar-refractivity contribution in [2.75, 3.05) is 23.0 Å². The molecule has 0 bridgehead atoms. The molecule has 0 fully saturated rings. The fraction of sp³-hybridized carbons (Fsp3) is 0.467. The zero-order valence-electron chi connectivity index (χ0n) is 15.3. The van der Waals surface area contributed by atoms with Gasteiger partial charge in [0.1, 0.15) is 5.69 Å². The average molecular weight is 415 g/mol. The SMILES string of the molecule is CCCCC(CO)Nc1cc2c(=O)n(NS(C)(=O)=O)c(=O)[nH]c2cc1[N+](=O)[O-].